The van der Waals surface area contributed by atoms with Gasteiger partial charge >= 0.3 is 0 Å². The molecule has 1 aromatic rings. The molecule has 0 aromatic carbocycles. The first-order valence-corrected chi connectivity index (χ1v) is 3.46. The topological polar surface area (TPSA) is 80.9 Å². The standard InChI is InChI=1S/C7H10N4O/c1-4-6(11-5(2)12)7(8)10-3-9-4/h3H,1-2H3,(H,11,12)(H2,8,9,10). The van der Waals surface area contributed by atoms with Crippen molar-refractivity contribution >= 4 is 17.4 Å². The number of aromatic nitrogens is 2. The molecule has 0 atom stereocenters. The molecule has 1 rings (SSSR count). The van der Waals surface area contributed by atoms with Crippen LogP contribution in [-0.2, 0) is 4.79 Å². The maximum absolute atomic E-state index is 10.7. The minimum Gasteiger partial charge on any atom is -0.382 e. The summed E-state index contributed by atoms with van der Waals surface area (Å²) < 4.78 is 0. The molecule has 64 valence electrons. The van der Waals surface area contributed by atoms with Crippen molar-refractivity contribution in [3.63, 3.8) is 0 Å². The zero-order valence-electron chi connectivity index (χ0n) is 6.96. The summed E-state index contributed by atoms with van der Waals surface area (Å²) in [5, 5.41) is 2.55. The van der Waals surface area contributed by atoms with Crippen LogP contribution in [0.1, 0.15) is 12.6 Å². The lowest BCUT2D eigenvalue weighted by Crippen LogP contribution is -2.11. The summed E-state index contributed by atoms with van der Waals surface area (Å²) in [6, 6.07) is 0. The Labute approximate surface area is 70.0 Å². The Morgan fingerprint density at radius 3 is 2.75 bits per heavy atom. The number of hydrogen-bond donors (Lipinski definition) is 2. The van der Waals surface area contributed by atoms with Crippen molar-refractivity contribution in [2.75, 3.05) is 11.1 Å². The van der Waals surface area contributed by atoms with Gasteiger partial charge < -0.3 is 11.1 Å². The van der Waals surface area contributed by atoms with Gasteiger partial charge in [0.1, 0.15) is 12.0 Å². The van der Waals surface area contributed by atoms with E-state index >= 15 is 0 Å². The van der Waals surface area contributed by atoms with E-state index < -0.39 is 0 Å². The lowest BCUT2D eigenvalue weighted by molar-refractivity contribution is -0.114. The first-order chi connectivity index (χ1) is 5.61. The highest BCUT2D eigenvalue weighted by atomic mass is 16.1. The van der Waals surface area contributed by atoms with E-state index in [1.54, 1.807) is 6.92 Å². The van der Waals surface area contributed by atoms with Crippen molar-refractivity contribution in [1.82, 2.24) is 9.97 Å². The van der Waals surface area contributed by atoms with E-state index in [4.69, 9.17) is 5.73 Å². The number of carbonyl (C=O) groups is 1. The Kier molecular flexibility index (Phi) is 2.23. The van der Waals surface area contributed by atoms with Gasteiger partial charge in [0, 0.05) is 6.92 Å². The molecule has 0 aliphatic heterocycles. The van der Waals surface area contributed by atoms with Gasteiger partial charge in [0.15, 0.2) is 5.82 Å². The normalized spacial score (nSPS) is 9.50. The molecule has 0 unspecified atom stereocenters. The monoisotopic (exact) mass is 166 g/mol. The number of nitrogens with zero attached hydrogens (tertiary/aromatic N) is 2. The fourth-order valence-electron chi connectivity index (χ4n) is 0.823. The fraction of sp³-hybridized carbons (Fsp3) is 0.286. The number of hydrogen-bond acceptors (Lipinski definition) is 4. The van der Waals surface area contributed by atoms with Gasteiger partial charge in [-0.15, -0.1) is 0 Å². The molecule has 0 bridgehead atoms. The third-order valence-electron chi connectivity index (χ3n) is 1.37. The highest BCUT2D eigenvalue weighted by Crippen LogP contribution is 2.17. The molecule has 0 radical (unpaired) electrons. The van der Waals surface area contributed by atoms with Crippen LogP contribution in [0, 0.1) is 6.92 Å². The van der Waals surface area contributed by atoms with Gasteiger partial charge in [0.2, 0.25) is 5.91 Å². The predicted molar refractivity (Wildman–Crippen MR) is 45.5 cm³/mol. The quantitative estimate of drug-likeness (QED) is 0.629. The molecular formula is C7H10N4O. The molecule has 0 spiro atoms. The highest BCUT2D eigenvalue weighted by molar-refractivity contribution is 5.92. The van der Waals surface area contributed by atoms with Crippen LogP contribution in [0.5, 0.6) is 0 Å². The van der Waals surface area contributed by atoms with Crippen LogP contribution < -0.4 is 11.1 Å². The number of rotatable bonds is 1. The third kappa shape index (κ3) is 1.69. The second-order valence-corrected chi connectivity index (χ2v) is 2.40. The van der Waals surface area contributed by atoms with Crippen LogP contribution in [0.3, 0.4) is 0 Å². The Balaban J connectivity index is 3.04. The summed E-state index contributed by atoms with van der Waals surface area (Å²) in [4.78, 5) is 18.3. The molecule has 5 nitrogen and oxygen atoms in total. The van der Waals surface area contributed by atoms with E-state index in [0.717, 1.165) is 0 Å². The number of nitrogens with two attached hydrogens (primary N) is 1. The average molecular weight is 166 g/mol. The predicted octanol–water partition coefficient (Wildman–Crippen LogP) is 0.326. The second-order valence-electron chi connectivity index (χ2n) is 2.40. The van der Waals surface area contributed by atoms with Gasteiger partial charge in [0.25, 0.3) is 0 Å². The number of carbonyl (C=O) groups excluding carboxylic acids is 1. The van der Waals surface area contributed by atoms with E-state index in [9.17, 15) is 4.79 Å². The van der Waals surface area contributed by atoms with E-state index in [1.807, 2.05) is 0 Å². The Morgan fingerprint density at radius 1 is 1.58 bits per heavy atom. The van der Waals surface area contributed by atoms with Crippen molar-refractivity contribution < 1.29 is 4.79 Å². The number of nitrogens with one attached hydrogen (secondary N) is 1. The van der Waals surface area contributed by atoms with Crippen LogP contribution >= 0.6 is 0 Å². The van der Waals surface area contributed by atoms with E-state index in [1.165, 1.54) is 13.3 Å². The Morgan fingerprint density at radius 2 is 2.25 bits per heavy atom. The fourth-order valence-corrected chi connectivity index (χ4v) is 0.823. The molecule has 0 fully saturated rings. The lowest BCUT2D eigenvalue weighted by Gasteiger charge is -2.06. The maximum atomic E-state index is 10.7. The van der Waals surface area contributed by atoms with Gasteiger partial charge in [-0.05, 0) is 6.92 Å². The Hall–Kier alpha value is -1.65. The molecule has 3 N–H and O–H groups in total. The number of anilines is 2. The zero-order valence-corrected chi connectivity index (χ0v) is 6.96. The van der Waals surface area contributed by atoms with E-state index in [2.05, 4.69) is 15.3 Å². The minimum atomic E-state index is -0.181. The highest BCUT2D eigenvalue weighted by Gasteiger charge is 2.05. The maximum Gasteiger partial charge on any atom is 0.221 e. The van der Waals surface area contributed by atoms with Crippen molar-refractivity contribution in [3.8, 4) is 0 Å². The molecule has 1 aromatic heterocycles. The van der Waals surface area contributed by atoms with Gasteiger partial charge in [-0.3, -0.25) is 4.79 Å². The van der Waals surface area contributed by atoms with Crippen LogP contribution in [0.2, 0.25) is 0 Å². The van der Waals surface area contributed by atoms with Gasteiger partial charge in [-0.1, -0.05) is 0 Å². The summed E-state index contributed by atoms with van der Waals surface area (Å²) in [6.45, 7) is 3.16. The molecule has 5 heteroatoms. The van der Waals surface area contributed by atoms with Crippen molar-refractivity contribution in [2.45, 2.75) is 13.8 Å². The summed E-state index contributed by atoms with van der Waals surface area (Å²) in [7, 11) is 0. The van der Waals surface area contributed by atoms with Gasteiger partial charge in [-0.25, -0.2) is 9.97 Å². The van der Waals surface area contributed by atoms with Crippen molar-refractivity contribution in [2.24, 2.45) is 0 Å². The van der Waals surface area contributed by atoms with Crippen LogP contribution in [0.4, 0.5) is 11.5 Å². The largest absolute Gasteiger partial charge is 0.382 e. The number of aryl methyl sites for hydroxylation is 1. The van der Waals surface area contributed by atoms with Crippen LogP contribution in [0.25, 0.3) is 0 Å². The number of amides is 1. The summed E-state index contributed by atoms with van der Waals surface area (Å²) in [5.41, 5.74) is 6.66. The molecule has 0 aliphatic rings. The van der Waals surface area contributed by atoms with Crippen molar-refractivity contribution in [3.05, 3.63) is 12.0 Å². The number of nitrogen functional groups attached to an aromatic ring is 1. The molecule has 0 saturated carbocycles. The Bertz CT molecular complexity index is 290. The van der Waals surface area contributed by atoms with E-state index in [0.29, 0.717) is 11.4 Å². The summed E-state index contributed by atoms with van der Waals surface area (Å²) in [5.74, 6) is 0.109. The lowest BCUT2D eigenvalue weighted by atomic mass is 10.3. The average Bonchev–Trinajstić information content (AvgIpc) is 1.97. The first-order valence-electron chi connectivity index (χ1n) is 3.46. The van der Waals surface area contributed by atoms with Crippen LogP contribution in [-0.4, -0.2) is 15.9 Å². The van der Waals surface area contributed by atoms with Gasteiger partial charge in [0.05, 0.1) is 5.69 Å². The molecule has 0 saturated heterocycles. The molecule has 1 amide bonds. The molecule has 1 heterocycles. The molecular weight excluding hydrogens is 156 g/mol. The third-order valence-corrected chi connectivity index (χ3v) is 1.37. The summed E-state index contributed by atoms with van der Waals surface area (Å²) >= 11 is 0. The smallest absolute Gasteiger partial charge is 0.221 e. The van der Waals surface area contributed by atoms with E-state index in [-0.39, 0.29) is 11.7 Å². The minimum absolute atomic E-state index is 0.181. The van der Waals surface area contributed by atoms with Crippen LogP contribution in [0.15, 0.2) is 6.33 Å². The zero-order chi connectivity index (χ0) is 9.14. The molecule has 12 heavy (non-hydrogen) atoms. The SMILES string of the molecule is CC(=O)Nc1c(C)ncnc1N. The van der Waals surface area contributed by atoms with Gasteiger partial charge in [-0.2, -0.15) is 0 Å². The second kappa shape index (κ2) is 3.17. The first kappa shape index (κ1) is 8.45. The summed E-state index contributed by atoms with van der Waals surface area (Å²) in [6.07, 6.45) is 1.36. The van der Waals surface area contributed by atoms with Crippen molar-refractivity contribution in [1.29, 1.82) is 0 Å². The molecule has 0 aliphatic carbocycles.